The molecule has 7 nitrogen and oxygen atoms in total. The number of hydrogen-bond acceptors (Lipinski definition) is 3. The number of likely N-dealkylation sites (N-methyl/N-ethyl adjacent to an activating group) is 1. The summed E-state index contributed by atoms with van der Waals surface area (Å²) < 4.78 is 0. The van der Waals surface area contributed by atoms with Crippen LogP contribution in [0.4, 0.5) is 4.79 Å². The number of carboxylic acid groups (broad SMARTS) is 1. The van der Waals surface area contributed by atoms with Crippen LogP contribution in [0.1, 0.15) is 32.6 Å². The quantitative estimate of drug-likeness (QED) is 0.770. The summed E-state index contributed by atoms with van der Waals surface area (Å²) in [6, 6.07) is -1.37. The average Bonchev–Trinajstić information content (AvgIpc) is 2.56. The van der Waals surface area contributed by atoms with Gasteiger partial charge in [-0.05, 0) is 12.8 Å². The Balaban J connectivity index is 2.59. The number of carboxylic acids is 1. The van der Waals surface area contributed by atoms with E-state index in [2.05, 4.69) is 5.32 Å². The number of carbonyl (C=O) groups is 3. The lowest BCUT2D eigenvalue weighted by Crippen LogP contribution is -2.49. The van der Waals surface area contributed by atoms with Crippen LogP contribution in [-0.4, -0.2) is 65.5 Å². The molecule has 0 saturated carbocycles. The van der Waals surface area contributed by atoms with E-state index in [1.807, 2.05) is 6.92 Å². The van der Waals surface area contributed by atoms with Crippen molar-refractivity contribution < 1.29 is 19.5 Å². The second-order valence-electron chi connectivity index (χ2n) is 5.07. The Morgan fingerprint density at radius 3 is 2.70 bits per heavy atom. The zero-order valence-electron chi connectivity index (χ0n) is 12.1. The molecule has 1 fully saturated rings. The molecule has 0 aliphatic carbocycles. The lowest BCUT2D eigenvalue weighted by molar-refractivity contribution is -0.139. The standard InChI is InChI=1S/C13H23N3O4/c1-3-4-6-10(12(18)19)14-13(20)16-8-5-7-15(2)11(17)9-16/h10H,3-9H2,1-2H3,(H,14,20)(H,18,19). The molecule has 114 valence electrons. The maximum atomic E-state index is 12.1. The third-order valence-corrected chi connectivity index (χ3v) is 3.40. The first kappa shape index (κ1) is 16.3. The monoisotopic (exact) mass is 285 g/mol. The van der Waals surface area contributed by atoms with Crippen LogP contribution in [0.2, 0.25) is 0 Å². The van der Waals surface area contributed by atoms with Crippen molar-refractivity contribution in [1.29, 1.82) is 0 Å². The van der Waals surface area contributed by atoms with Crippen molar-refractivity contribution in [2.45, 2.75) is 38.6 Å². The molecule has 0 aromatic heterocycles. The van der Waals surface area contributed by atoms with Crippen LogP contribution < -0.4 is 5.32 Å². The summed E-state index contributed by atoms with van der Waals surface area (Å²) in [7, 11) is 1.70. The molecule has 1 aliphatic rings. The molecule has 0 aromatic rings. The minimum atomic E-state index is -1.04. The van der Waals surface area contributed by atoms with Crippen molar-refractivity contribution in [2.24, 2.45) is 0 Å². The van der Waals surface area contributed by atoms with Crippen molar-refractivity contribution in [1.82, 2.24) is 15.1 Å². The maximum absolute atomic E-state index is 12.1. The van der Waals surface area contributed by atoms with Crippen LogP contribution in [0.5, 0.6) is 0 Å². The molecule has 1 saturated heterocycles. The van der Waals surface area contributed by atoms with Crippen LogP contribution in [0.15, 0.2) is 0 Å². The van der Waals surface area contributed by atoms with E-state index >= 15 is 0 Å². The molecule has 3 amide bonds. The SMILES string of the molecule is CCCCC(NC(=O)N1CCCN(C)C(=O)C1)C(=O)O. The van der Waals surface area contributed by atoms with Crippen molar-refractivity contribution in [3.63, 3.8) is 0 Å². The fourth-order valence-electron chi connectivity index (χ4n) is 2.07. The van der Waals surface area contributed by atoms with Crippen molar-refractivity contribution in [3.05, 3.63) is 0 Å². The molecule has 0 aromatic carbocycles. The summed E-state index contributed by atoms with van der Waals surface area (Å²) in [5, 5.41) is 11.6. The number of aliphatic carboxylic acids is 1. The van der Waals surface area contributed by atoms with Gasteiger partial charge in [-0.3, -0.25) is 4.79 Å². The number of nitrogens with one attached hydrogen (secondary N) is 1. The van der Waals surface area contributed by atoms with Crippen LogP contribution in [-0.2, 0) is 9.59 Å². The molecular formula is C13H23N3O4. The topological polar surface area (TPSA) is 90.0 Å². The van der Waals surface area contributed by atoms with E-state index in [1.54, 1.807) is 11.9 Å². The minimum Gasteiger partial charge on any atom is -0.480 e. The highest BCUT2D eigenvalue weighted by molar-refractivity contribution is 5.86. The smallest absolute Gasteiger partial charge is 0.326 e. The zero-order valence-corrected chi connectivity index (χ0v) is 12.1. The Morgan fingerprint density at radius 2 is 2.10 bits per heavy atom. The fraction of sp³-hybridized carbons (Fsp3) is 0.769. The third-order valence-electron chi connectivity index (χ3n) is 3.40. The Bertz CT molecular complexity index is 373. The lowest BCUT2D eigenvalue weighted by Gasteiger charge is -2.23. The van der Waals surface area contributed by atoms with E-state index in [-0.39, 0.29) is 12.5 Å². The number of nitrogens with zero attached hydrogens (tertiary/aromatic N) is 2. The Labute approximate surface area is 118 Å². The summed E-state index contributed by atoms with van der Waals surface area (Å²) in [6.45, 7) is 3.04. The summed E-state index contributed by atoms with van der Waals surface area (Å²) in [6.07, 6.45) is 2.70. The van der Waals surface area contributed by atoms with Gasteiger partial charge in [-0.2, -0.15) is 0 Å². The van der Waals surface area contributed by atoms with Gasteiger partial charge in [0.05, 0.1) is 0 Å². The molecule has 20 heavy (non-hydrogen) atoms. The molecule has 0 bridgehead atoms. The maximum Gasteiger partial charge on any atom is 0.326 e. The number of urea groups is 1. The fourth-order valence-corrected chi connectivity index (χ4v) is 2.07. The predicted molar refractivity (Wildman–Crippen MR) is 73.3 cm³/mol. The van der Waals surface area contributed by atoms with E-state index in [1.165, 1.54) is 4.90 Å². The van der Waals surface area contributed by atoms with Crippen LogP contribution in [0.3, 0.4) is 0 Å². The van der Waals surface area contributed by atoms with Crippen molar-refractivity contribution in [3.8, 4) is 0 Å². The van der Waals surface area contributed by atoms with Crippen molar-refractivity contribution in [2.75, 3.05) is 26.7 Å². The van der Waals surface area contributed by atoms with Gasteiger partial charge in [0.15, 0.2) is 0 Å². The van der Waals surface area contributed by atoms with Crippen LogP contribution >= 0.6 is 0 Å². The number of carbonyl (C=O) groups excluding carboxylic acids is 2. The first-order valence-corrected chi connectivity index (χ1v) is 6.98. The molecule has 1 unspecified atom stereocenters. The summed E-state index contributed by atoms with van der Waals surface area (Å²) in [4.78, 5) is 37.8. The number of amides is 3. The van der Waals surface area contributed by atoms with E-state index in [0.29, 0.717) is 25.9 Å². The highest BCUT2D eigenvalue weighted by atomic mass is 16.4. The molecule has 0 radical (unpaired) electrons. The highest BCUT2D eigenvalue weighted by Gasteiger charge is 2.26. The lowest BCUT2D eigenvalue weighted by atomic mass is 10.1. The van der Waals surface area contributed by atoms with Crippen molar-refractivity contribution >= 4 is 17.9 Å². The van der Waals surface area contributed by atoms with Gasteiger partial charge in [0.25, 0.3) is 0 Å². The molecule has 1 rings (SSSR count). The molecule has 1 aliphatic heterocycles. The van der Waals surface area contributed by atoms with E-state index in [9.17, 15) is 14.4 Å². The van der Waals surface area contributed by atoms with Gasteiger partial charge in [-0.25, -0.2) is 9.59 Å². The van der Waals surface area contributed by atoms with Gasteiger partial charge in [0, 0.05) is 20.1 Å². The Hall–Kier alpha value is -1.79. The van der Waals surface area contributed by atoms with Crippen LogP contribution in [0.25, 0.3) is 0 Å². The molecule has 0 spiro atoms. The van der Waals surface area contributed by atoms with Gasteiger partial charge in [-0.1, -0.05) is 19.8 Å². The number of hydrogen-bond donors (Lipinski definition) is 2. The third kappa shape index (κ3) is 4.71. The Kier molecular flexibility index (Phi) is 6.27. The van der Waals surface area contributed by atoms with Crippen LogP contribution in [0, 0.1) is 0 Å². The number of rotatable bonds is 5. The predicted octanol–water partition coefficient (Wildman–Crippen LogP) is 0.504. The van der Waals surface area contributed by atoms with E-state index in [0.717, 1.165) is 12.8 Å². The summed E-state index contributed by atoms with van der Waals surface area (Å²) in [5.74, 6) is -1.16. The Morgan fingerprint density at radius 1 is 1.40 bits per heavy atom. The van der Waals surface area contributed by atoms with E-state index < -0.39 is 18.0 Å². The minimum absolute atomic E-state index is 0.00243. The largest absolute Gasteiger partial charge is 0.480 e. The highest BCUT2D eigenvalue weighted by Crippen LogP contribution is 2.05. The van der Waals surface area contributed by atoms with E-state index in [4.69, 9.17) is 5.11 Å². The summed E-state index contributed by atoms with van der Waals surface area (Å²) in [5.41, 5.74) is 0. The number of unbranched alkanes of at least 4 members (excludes halogenated alkanes) is 1. The average molecular weight is 285 g/mol. The molecule has 1 atom stereocenters. The van der Waals surface area contributed by atoms with Gasteiger partial charge in [-0.15, -0.1) is 0 Å². The van der Waals surface area contributed by atoms with Gasteiger partial charge in [0.1, 0.15) is 12.6 Å². The zero-order chi connectivity index (χ0) is 15.1. The normalized spacial score (nSPS) is 17.6. The van der Waals surface area contributed by atoms with Gasteiger partial charge >= 0.3 is 12.0 Å². The first-order chi connectivity index (χ1) is 9.45. The second kappa shape index (κ2) is 7.72. The molecule has 1 heterocycles. The van der Waals surface area contributed by atoms with Gasteiger partial charge in [0.2, 0.25) is 5.91 Å². The summed E-state index contributed by atoms with van der Waals surface area (Å²) >= 11 is 0. The second-order valence-corrected chi connectivity index (χ2v) is 5.07. The molecule has 2 N–H and O–H groups in total. The molecule has 7 heteroatoms. The first-order valence-electron chi connectivity index (χ1n) is 6.98. The van der Waals surface area contributed by atoms with Gasteiger partial charge < -0.3 is 20.2 Å². The molecular weight excluding hydrogens is 262 g/mol.